The van der Waals surface area contributed by atoms with Gasteiger partial charge in [-0.2, -0.15) is 13.2 Å². The van der Waals surface area contributed by atoms with Crippen molar-refractivity contribution in [3.05, 3.63) is 58.6 Å². The predicted octanol–water partition coefficient (Wildman–Crippen LogP) is 4.22. The van der Waals surface area contributed by atoms with Gasteiger partial charge in [-0.3, -0.25) is 0 Å². The van der Waals surface area contributed by atoms with Gasteiger partial charge in [-0.25, -0.2) is 4.79 Å². The zero-order valence-corrected chi connectivity index (χ0v) is 14.4. The SMILES string of the molecule is COc1ccc(Cl)cc1NC(=O)NCC(O)c1ccc(C(F)(F)F)cc1. The van der Waals surface area contributed by atoms with Gasteiger partial charge in [0.1, 0.15) is 5.75 Å². The van der Waals surface area contributed by atoms with Gasteiger partial charge in [0.25, 0.3) is 0 Å². The molecule has 26 heavy (non-hydrogen) atoms. The molecule has 5 nitrogen and oxygen atoms in total. The maximum absolute atomic E-state index is 12.5. The van der Waals surface area contributed by atoms with E-state index in [-0.39, 0.29) is 12.1 Å². The fourth-order valence-electron chi connectivity index (χ4n) is 2.15. The van der Waals surface area contributed by atoms with Gasteiger partial charge in [0.2, 0.25) is 0 Å². The largest absolute Gasteiger partial charge is 0.495 e. The Balaban J connectivity index is 1.94. The Hall–Kier alpha value is -2.45. The van der Waals surface area contributed by atoms with Gasteiger partial charge in [-0.05, 0) is 35.9 Å². The molecule has 1 unspecified atom stereocenters. The Kier molecular flexibility index (Phi) is 6.33. The molecule has 0 radical (unpaired) electrons. The summed E-state index contributed by atoms with van der Waals surface area (Å²) in [6.07, 6.45) is -5.61. The molecule has 2 rings (SSSR count). The van der Waals surface area contributed by atoms with Crippen LogP contribution in [0.4, 0.5) is 23.7 Å². The Bertz CT molecular complexity index is 767. The number of anilines is 1. The molecule has 3 N–H and O–H groups in total. The van der Waals surface area contributed by atoms with Crippen molar-refractivity contribution in [1.82, 2.24) is 5.32 Å². The molecule has 1 atom stereocenters. The molecule has 140 valence electrons. The summed E-state index contributed by atoms with van der Waals surface area (Å²) in [6.45, 7) is -0.194. The highest BCUT2D eigenvalue weighted by Gasteiger charge is 2.30. The first-order valence-electron chi connectivity index (χ1n) is 7.44. The standard InChI is InChI=1S/C17H16ClF3N2O3/c1-26-15-7-6-12(18)8-13(15)23-16(25)22-9-14(24)10-2-4-11(5-3-10)17(19,20)21/h2-8,14,24H,9H2,1H3,(H2,22,23,25). The summed E-state index contributed by atoms with van der Waals surface area (Å²) in [6, 6.07) is 8.10. The topological polar surface area (TPSA) is 70.6 Å². The minimum Gasteiger partial charge on any atom is -0.495 e. The van der Waals surface area contributed by atoms with Gasteiger partial charge in [-0.1, -0.05) is 23.7 Å². The van der Waals surface area contributed by atoms with Crippen molar-refractivity contribution in [3.8, 4) is 5.75 Å². The van der Waals surface area contributed by atoms with Crippen LogP contribution in [0.5, 0.6) is 5.75 Å². The number of carbonyl (C=O) groups is 1. The number of amides is 2. The number of alkyl halides is 3. The van der Waals surface area contributed by atoms with Crippen LogP contribution in [0.3, 0.4) is 0 Å². The summed E-state index contributed by atoms with van der Waals surface area (Å²) < 4.78 is 42.7. The van der Waals surface area contributed by atoms with Crippen molar-refractivity contribution < 1.29 is 27.8 Å². The minimum absolute atomic E-state index is 0.194. The predicted molar refractivity (Wildman–Crippen MR) is 91.4 cm³/mol. The molecule has 0 aliphatic heterocycles. The molecule has 9 heteroatoms. The average Bonchev–Trinajstić information content (AvgIpc) is 2.59. The van der Waals surface area contributed by atoms with Crippen LogP contribution in [0.1, 0.15) is 17.2 Å². The Morgan fingerprint density at radius 3 is 2.46 bits per heavy atom. The molecule has 0 aromatic heterocycles. The summed E-state index contributed by atoms with van der Waals surface area (Å²) in [5, 5.41) is 15.3. The molecule has 0 saturated heterocycles. The second-order valence-electron chi connectivity index (χ2n) is 5.32. The van der Waals surface area contributed by atoms with Crippen LogP contribution in [0.25, 0.3) is 0 Å². The second kappa shape index (κ2) is 8.29. The number of rotatable bonds is 5. The fraction of sp³-hybridized carbons (Fsp3) is 0.235. The lowest BCUT2D eigenvalue weighted by Gasteiger charge is -2.15. The average molecular weight is 389 g/mol. The van der Waals surface area contributed by atoms with Crippen molar-refractivity contribution in [2.45, 2.75) is 12.3 Å². The molecular weight excluding hydrogens is 373 g/mol. The van der Waals surface area contributed by atoms with Crippen molar-refractivity contribution in [2.24, 2.45) is 0 Å². The highest BCUT2D eigenvalue weighted by molar-refractivity contribution is 6.31. The molecule has 0 saturated carbocycles. The molecule has 0 aliphatic carbocycles. The number of nitrogens with one attached hydrogen (secondary N) is 2. The number of hydrogen-bond acceptors (Lipinski definition) is 3. The molecule has 0 aliphatic rings. The number of carbonyl (C=O) groups excluding carboxylic acids is 1. The van der Waals surface area contributed by atoms with E-state index in [0.29, 0.717) is 16.5 Å². The second-order valence-corrected chi connectivity index (χ2v) is 5.75. The molecule has 0 spiro atoms. The monoisotopic (exact) mass is 388 g/mol. The van der Waals surface area contributed by atoms with E-state index in [4.69, 9.17) is 16.3 Å². The quantitative estimate of drug-likeness (QED) is 0.718. The van der Waals surface area contributed by atoms with Gasteiger partial charge < -0.3 is 20.5 Å². The van der Waals surface area contributed by atoms with E-state index in [9.17, 15) is 23.1 Å². The van der Waals surface area contributed by atoms with Crippen molar-refractivity contribution >= 4 is 23.3 Å². The first kappa shape index (κ1) is 19.9. The summed E-state index contributed by atoms with van der Waals surface area (Å²) >= 11 is 5.86. The maximum Gasteiger partial charge on any atom is 0.416 e. The van der Waals surface area contributed by atoms with Gasteiger partial charge in [0.15, 0.2) is 0 Å². The zero-order chi connectivity index (χ0) is 19.3. The van der Waals surface area contributed by atoms with Crippen molar-refractivity contribution in [3.63, 3.8) is 0 Å². The Morgan fingerprint density at radius 1 is 1.23 bits per heavy atom. The van der Waals surface area contributed by atoms with E-state index in [0.717, 1.165) is 24.3 Å². The molecule has 2 aromatic carbocycles. The Labute approximate surface area is 152 Å². The number of halogens is 4. The maximum atomic E-state index is 12.5. The number of aliphatic hydroxyl groups excluding tert-OH is 1. The summed E-state index contributed by atoms with van der Waals surface area (Å²) in [5.74, 6) is 0.396. The number of benzene rings is 2. The van der Waals surface area contributed by atoms with Crippen LogP contribution in [-0.2, 0) is 6.18 Å². The summed E-state index contributed by atoms with van der Waals surface area (Å²) in [7, 11) is 1.43. The number of ether oxygens (including phenoxy) is 1. The smallest absolute Gasteiger partial charge is 0.416 e. The highest BCUT2D eigenvalue weighted by Crippen LogP contribution is 2.30. The molecule has 0 fully saturated rings. The summed E-state index contributed by atoms with van der Waals surface area (Å²) in [5.41, 5.74) is -0.229. The summed E-state index contributed by atoms with van der Waals surface area (Å²) in [4.78, 5) is 11.9. The lowest BCUT2D eigenvalue weighted by atomic mass is 10.1. The Morgan fingerprint density at radius 2 is 1.88 bits per heavy atom. The van der Waals surface area contributed by atoms with Crippen LogP contribution in [0, 0.1) is 0 Å². The van der Waals surface area contributed by atoms with E-state index in [2.05, 4.69) is 10.6 Å². The first-order chi connectivity index (χ1) is 12.2. The third kappa shape index (κ3) is 5.27. The first-order valence-corrected chi connectivity index (χ1v) is 7.82. The van der Waals surface area contributed by atoms with E-state index in [1.165, 1.54) is 13.2 Å². The number of aliphatic hydroxyl groups is 1. The fourth-order valence-corrected chi connectivity index (χ4v) is 2.32. The number of methoxy groups -OCH3 is 1. The van der Waals surface area contributed by atoms with Gasteiger partial charge in [0.05, 0.1) is 24.5 Å². The molecule has 2 aromatic rings. The van der Waals surface area contributed by atoms with E-state index in [1.54, 1.807) is 12.1 Å². The van der Waals surface area contributed by atoms with E-state index < -0.39 is 23.9 Å². The van der Waals surface area contributed by atoms with Crippen molar-refractivity contribution in [2.75, 3.05) is 19.0 Å². The third-order valence-corrected chi connectivity index (χ3v) is 3.72. The van der Waals surface area contributed by atoms with Crippen LogP contribution < -0.4 is 15.4 Å². The zero-order valence-electron chi connectivity index (χ0n) is 13.6. The van der Waals surface area contributed by atoms with Crippen molar-refractivity contribution in [1.29, 1.82) is 0 Å². The van der Waals surface area contributed by atoms with Crippen LogP contribution in [-0.4, -0.2) is 24.8 Å². The minimum atomic E-state index is -4.45. The van der Waals surface area contributed by atoms with Crippen LogP contribution in [0.15, 0.2) is 42.5 Å². The molecular formula is C17H16ClF3N2O3. The van der Waals surface area contributed by atoms with Gasteiger partial charge >= 0.3 is 12.2 Å². The molecule has 0 heterocycles. The molecule has 0 bridgehead atoms. The normalized spacial score (nSPS) is 12.4. The van der Waals surface area contributed by atoms with E-state index in [1.807, 2.05) is 0 Å². The van der Waals surface area contributed by atoms with Gasteiger partial charge in [0, 0.05) is 11.6 Å². The van der Waals surface area contributed by atoms with Gasteiger partial charge in [-0.15, -0.1) is 0 Å². The lowest BCUT2D eigenvalue weighted by Crippen LogP contribution is -2.32. The lowest BCUT2D eigenvalue weighted by molar-refractivity contribution is -0.137. The number of hydrogen-bond donors (Lipinski definition) is 3. The molecule has 2 amide bonds. The van der Waals surface area contributed by atoms with Crippen LogP contribution >= 0.6 is 11.6 Å². The van der Waals surface area contributed by atoms with E-state index >= 15 is 0 Å². The van der Waals surface area contributed by atoms with Crippen LogP contribution in [0.2, 0.25) is 5.02 Å². The third-order valence-electron chi connectivity index (χ3n) is 3.49. The number of urea groups is 1. The highest BCUT2D eigenvalue weighted by atomic mass is 35.5.